The fourth-order valence-electron chi connectivity index (χ4n) is 2.26. The molecule has 1 N–H and O–H groups in total. The average Bonchev–Trinajstić information content (AvgIpc) is 2.35. The number of rotatable bonds is 4. The number of aryl methyl sites for hydroxylation is 2. The zero-order valence-electron chi connectivity index (χ0n) is 12.1. The van der Waals surface area contributed by atoms with E-state index in [1.807, 2.05) is 31.3 Å². The maximum Gasteiger partial charge on any atom is 0.151 e. The Morgan fingerprint density at radius 1 is 1.11 bits per heavy atom. The molecular formula is C16H21N3. The van der Waals surface area contributed by atoms with Gasteiger partial charge in [-0.05, 0) is 31.5 Å². The van der Waals surface area contributed by atoms with E-state index in [0.717, 1.165) is 18.1 Å². The van der Waals surface area contributed by atoms with Crippen molar-refractivity contribution in [1.82, 2.24) is 4.98 Å². The standard InChI is InChI=1S/C16H21N3/c1-12-8-13(2)10-14(9-12)11-18-15-6-5-7-17-16(15)19(3)4/h5-10,18H,11H2,1-4H3. The van der Waals surface area contributed by atoms with Crippen molar-refractivity contribution in [2.75, 3.05) is 24.3 Å². The van der Waals surface area contributed by atoms with E-state index in [1.54, 1.807) is 0 Å². The Hall–Kier alpha value is -2.03. The first kappa shape index (κ1) is 13.4. The highest BCUT2D eigenvalue weighted by molar-refractivity contribution is 5.64. The topological polar surface area (TPSA) is 28.2 Å². The van der Waals surface area contributed by atoms with Gasteiger partial charge in [-0.3, -0.25) is 0 Å². The molecule has 0 aliphatic rings. The third-order valence-electron chi connectivity index (χ3n) is 2.97. The van der Waals surface area contributed by atoms with Crippen LogP contribution in [0.3, 0.4) is 0 Å². The van der Waals surface area contributed by atoms with Crippen LogP contribution >= 0.6 is 0 Å². The summed E-state index contributed by atoms with van der Waals surface area (Å²) in [5, 5.41) is 3.46. The molecule has 3 nitrogen and oxygen atoms in total. The number of hydrogen-bond donors (Lipinski definition) is 1. The van der Waals surface area contributed by atoms with Crippen LogP contribution in [-0.4, -0.2) is 19.1 Å². The lowest BCUT2D eigenvalue weighted by atomic mass is 10.1. The molecule has 19 heavy (non-hydrogen) atoms. The minimum atomic E-state index is 0.815. The van der Waals surface area contributed by atoms with Gasteiger partial charge in [-0.15, -0.1) is 0 Å². The third-order valence-corrected chi connectivity index (χ3v) is 2.97. The molecule has 0 saturated carbocycles. The van der Waals surface area contributed by atoms with Gasteiger partial charge in [-0.2, -0.15) is 0 Å². The molecular weight excluding hydrogens is 234 g/mol. The maximum atomic E-state index is 4.39. The molecule has 2 aromatic rings. The van der Waals surface area contributed by atoms with Crippen LogP contribution in [0.2, 0.25) is 0 Å². The highest BCUT2D eigenvalue weighted by atomic mass is 15.2. The van der Waals surface area contributed by atoms with Gasteiger partial charge in [-0.1, -0.05) is 29.3 Å². The second-order valence-electron chi connectivity index (χ2n) is 5.12. The normalized spacial score (nSPS) is 10.3. The highest BCUT2D eigenvalue weighted by Gasteiger charge is 2.04. The lowest BCUT2D eigenvalue weighted by Crippen LogP contribution is -2.13. The number of nitrogens with zero attached hydrogens (tertiary/aromatic N) is 2. The summed E-state index contributed by atoms with van der Waals surface area (Å²) < 4.78 is 0. The lowest BCUT2D eigenvalue weighted by Gasteiger charge is -2.17. The summed E-state index contributed by atoms with van der Waals surface area (Å²) in [7, 11) is 4.01. The molecule has 0 fully saturated rings. The summed E-state index contributed by atoms with van der Waals surface area (Å²) >= 11 is 0. The van der Waals surface area contributed by atoms with Crippen LogP contribution in [-0.2, 0) is 6.54 Å². The van der Waals surface area contributed by atoms with E-state index in [2.05, 4.69) is 48.4 Å². The summed E-state index contributed by atoms with van der Waals surface area (Å²) in [6.07, 6.45) is 1.82. The van der Waals surface area contributed by atoms with E-state index in [-0.39, 0.29) is 0 Å². The predicted molar refractivity (Wildman–Crippen MR) is 81.8 cm³/mol. The van der Waals surface area contributed by atoms with Crippen molar-refractivity contribution in [2.24, 2.45) is 0 Å². The Morgan fingerprint density at radius 3 is 2.42 bits per heavy atom. The molecule has 0 bridgehead atoms. The molecule has 3 heteroatoms. The van der Waals surface area contributed by atoms with Gasteiger partial charge in [0.1, 0.15) is 0 Å². The Labute approximate surface area is 115 Å². The maximum absolute atomic E-state index is 4.39. The molecule has 0 amide bonds. The summed E-state index contributed by atoms with van der Waals surface area (Å²) in [4.78, 5) is 6.41. The van der Waals surface area contributed by atoms with Gasteiger partial charge < -0.3 is 10.2 Å². The molecule has 100 valence electrons. The Kier molecular flexibility index (Phi) is 4.05. The second-order valence-corrected chi connectivity index (χ2v) is 5.12. The molecule has 1 aromatic heterocycles. The molecule has 0 spiro atoms. The van der Waals surface area contributed by atoms with Crippen LogP contribution in [0.15, 0.2) is 36.5 Å². The second kappa shape index (κ2) is 5.74. The minimum Gasteiger partial charge on any atom is -0.378 e. The van der Waals surface area contributed by atoms with E-state index >= 15 is 0 Å². The van der Waals surface area contributed by atoms with Crippen LogP contribution in [0, 0.1) is 13.8 Å². The van der Waals surface area contributed by atoms with Crippen molar-refractivity contribution in [2.45, 2.75) is 20.4 Å². The molecule has 0 saturated heterocycles. The third kappa shape index (κ3) is 3.47. The molecule has 2 rings (SSSR count). The largest absolute Gasteiger partial charge is 0.378 e. The van der Waals surface area contributed by atoms with E-state index in [0.29, 0.717) is 0 Å². The molecule has 0 aliphatic heterocycles. The predicted octanol–water partition coefficient (Wildman–Crippen LogP) is 3.38. The first-order valence-electron chi connectivity index (χ1n) is 6.49. The first-order chi connectivity index (χ1) is 9.06. The number of hydrogen-bond acceptors (Lipinski definition) is 3. The first-order valence-corrected chi connectivity index (χ1v) is 6.49. The van der Waals surface area contributed by atoms with Gasteiger partial charge >= 0.3 is 0 Å². The summed E-state index contributed by atoms with van der Waals surface area (Å²) in [6.45, 7) is 5.08. The van der Waals surface area contributed by atoms with Crippen molar-refractivity contribution in [3.63, 3.8) is 0 Å². The number of pyridine rings is 1. The van der Waals surface area contributed by atoms with Gasteiger partial charge in [0.25, 0.3) is 0 Å². The van der Waals surface area contributed by atoms with Gasteiger partial charge in [-0.25, -0.2) is 4.98 Å². The van der Waals surface area contributed by atoms with Crippen LogP contribution < -0.4 is 10.2 Å². The van der Waals surface area contributed by atoms with Crippen LogP contribution in [0.25, 0.3) is 0 Å². The van der Waals surface area contributed by atoms with Crippen LogP contribution in [0.1, 0.15) is 16.7 Å². The molecule has 0 radical (unpaired) electrons. The van der Waals surface area contributed by atoms with Gasteiger partial charge in [0.2, 0.25) is 0 Å². The smallest absolute Gasteiger partial charge is 0.151 e. The Morgan fingerprint density at radius 2 is 1.79 bits per heavy atom. The summed E-state index contributed by atoms with van der Waals surface area (Å²) in [6, 6.07) is 10.6. The van der Waals surface area contributed by atoms with Crippen molar-refractivity contribution < 1.29 is 0 Å². The van der Waals surface area contributed by atoms with Crippen molar-refractivity contribution in [3.05, 3.63) is 53.2 Å². The van der Waals surface area contributed by atoms with Crippen molar-refractivity contribution >= 4 is 11.5 Å². The van der Waals surface area contributed by atoms with Crippen molar-refractivity contribution in [3.8, 4) is 0 Å². The molecule has 0 atom stereocenters. The summed E-state index contributed by atoms with van der Waals surface area (Å²) in [5.74, 6) is 0.965. The van der Waals surface area contributed by atoms with E-state index in [1.165, 1.54) is 16.7 Å². The lowest BCUT2D eigenvalue weighted by molar-refractivity contribution is 1.05. The number of nitrogens with one attached hydrogen (secondary N) is 1. The number of benzene rings is 1. The average molecular weight is 255 g/mol. The summed E-state index contributed by atoms with van der Waals surface area (Å²) in [5.41, 5.74) is 4.96. The van der Waals surface area contributed by atoms with E-state index in [9.17, 15) is 0 Å². The van der Waals surface area contributed by atoms with E-state index in [4.69, 9.17) is 0 Å². The molecule has 1 heterocycles. The zero-order valence-corrected chi connectivity index (χ0v) is 12.1. The zero-order chi connectivity index (χ0) is 13.8. The van der Waals surface area contributed by atoms with Gasteiger partial charge in [0.05, 0.1) is 5.69 Å². The Balaban J connectivity index is 2.14. The fraction of sp³-hybridized carbons (Fsp3) is 0.312. The molecule has 1 aromatic carbocycles. The fourth-order valence-corrected chi connectivity index (χ4v) is 2.26. The van der Waals surface area contributed by atoms with Gasteiger partial charge in [0, 0.05) is 26.8 Å². The SMILES string of the molecule is Cc1cc(C)cc(CNc2cccnc2N(C)C)c1. The van der Waals surface area contributed by atoms with Gasteiger partial charge in [0.15, 0.2) is 5.82 Å². The monoisotopic (exact) mass is 255 g/mol. The van der Waals surface area contributed by atoms with Crippen LogP contribution in [0.4, 0.5) is 11.5 Å². The number of anilines is 2. The van der Waals surface area contributed by atoms with E-state index < -0.39 is 0 Å². The van der Waals surface area contributed by atoms with Crippen LogP contribution in [0.5, 0.6) is 0 Å². The quantitative estimate of drug-likeness (QED) is 0.907. The van der Waals surface area contributed by atoms with Crippen molar-refractivity contribution in [1.29, 1.82) is 0 Å². The Bertz CT molecular complexity index is 541. The minimum absolute atomic E-state index is 0.815. The molecule has 0 unspecified atom stereocenters. The molecule has 0 aliphatic carbocycles. The number of aromatic nitrogens is 1. The highest BCUT2D eigenvalue weighted by Crippen LogP contribution is 2.21.